The van der Waals surface area contributed by atoms with E-state index in [1.54, 1.807) is 6.20 Å². The van der Waals surface area contributed by atoms with E-state index < -0.39 is 0 Å². The molecule has 0 saturated heterocycles. The molecule has 2 aromatic rings. The number of nitrogens with zero attached hydrogens (tertiary/aromatic N) is 1. The van der Waals surface area contributed by atoms with E-state index in [4.69, 9.17) is 0 Å². The molecule has 0 radical (unpaired) electrons. The molecular weight excluding hydrogens is 246 g/mol. The van der Waals surface area contributed by atoms with Crippen molar-refractivity contribution in [2.75, 3.05) is 0 Å². The first-order chi connectivity index (χ1) is 9.83. The number of rotatable bonds is 3. The molecule has 2 atom stereocenters. The molecule has 2 nitrogen and oxygen atoms in total. The highest BCUT2D eigenvalue weighted by molar-refractivity contribution is 5.82. The van der Waals surface area contributed by atoms with Gasteiger partial charge in [0, 0.05) is 24.2 Å². The molecule has 1 heterocycles. The summed E-state index contributed by atoms with van der Waals surface area (Å²) in [5.41, 5.74) is 2.39. The SMILES string of the molecule is O=C1CCC(c2ccccc2)CC1Cc1ccccn1. The molecular formula is C18H19NO. The Labute approximate surface area is 119 Å². The number of ketones is 1. The summed E-state index contributed by atoms with van der Waals surface area (Å²) < 4.78 is 0. The molecule has 0 aliphatic heterocycles. The molecule has 1 saturated carbocycles. The van der Waals surface area contributed by atoms with Gasteiger partial charge in [-0.25, -0.2) is 0 Å². The number of aromatic nitrogens is 1. The normalized spacial score (nSPS) is 22.7. The molecule has 2 heteroatoms. The lowest BCUT2D eigenvalue weighted by Gasteiger charge is -2.28. The molecule has 0 spiro atoms. The first-order valence-corrected chi connectivity index (χ1v) is 7.30. The van der Waals surface area contributed by atoms with Gasteiger partial charge in [0.05, 0.1) is 0 Å². The zero-order valence-corrected chi connectivity index (χ0v) is 11.5. The van der Waals surface area contributed by atoms with Crippen LogP contribution in [-0.4, -0.2) is 10.8 Å². The lowest BCUT2D eigenvalue weighted by Crippen LogP contribution is -2.26. The van der Waals surface area contributed by atoms with Crippen molar-refractivity contribution in [2.45, 2.75) is 31.6 Å². The highest BCUT2D eigenvalue weighted by Crippen LogP contribution is 2.35. The number of hydrogen-bond acceptors (Lipinski definition) is 2. The third-order valence-electron chi connectivity index (χ3n) is 4.22. The van der Waals surface area contributed by atoms with Crippen molar-refractivity contribution in [1.82, 2.24) is 4.98 Å². The molecule has 1 aliphatic rings. The smallest absolute Gasteiger partial charge is 0.136 e. The van der Waals surface area contributed by atoms with Crippen molar-refractivity contribution >= 4 is 5.78 Å². The highest BCUT2D eigenvalue weighted by Gasteiger charge is 2.29. The molecule has 0 bridgehead atoms. The van der Waals surface area contributed by atoms with E-state index in [1.165, 1.54) is 5.56 Å². The maximum atomic E-state index is 12.1. The van der Waals surface area contributed by atoms with Crippen LogP contribution in [0.3, 0.4) is 0 Å². The van der Waals surface area contributed by atoms with Crippen molar-refractivity contribution in [3.63, 3.8) is 0 Å². The van der Waals surface area contributed by atoms with Gasteiger partial charge in [0.2, 0.25) is 0 Å². The highest BCUT2D eigenvalue weighted by atomic mass is 16.1. The molecule has 1 aliphatic carbocycles. The summed E-state index contributed by atoms with van der Waals surface area (Å²) in [7, 11) is 0. The van der Waals surface area contributed by atoms with E-state index in [-0.39, 0.29) is 5.92 Å². The zero-order valence-electron chi connectivity index (χ0n) is 11.5. The van der Waals surface area contributed by atoms with Gasteiger partial charge in [-0.05, 0) is 42.9 Å². The summed E-state index contributed by atoms with van der Waals surface area (Å²) in [5, 5.41) is 0. The number of Topliss-reactive ketones (excluding diaryl/α,β-unsaturated/α-hetero) is 1. The maximum absolute atomic E-state index is 12.1. The molecule has 1 aromatic heterocycles. The minimum absolute atomic E-state index is 0.129. The summed E-state index contributed by atoms with van der Waals surface area (Å²) in [6, 6.07) is 16.5. The minimum Gasteiger partial charge on any atom is -0.299 e. The Hall–Kier alpha value is -1.96. The summed E-state index contributed by atoms with van der Waals surface area (Å²) in [5.74, 6) is 1.05. The van der Waals surface area contributed by atoms with Gasteiger partial charge in [-0.2, -0.15) is 0 Å². The lowest BCUT2D eigenvalue weighted by atomic mass is 9.75. The van der Waals surface area contributed by atoms with Crippen LogP contribution in [0.4, 0.5) is 0 Å². The molecule has 2 unspecified atom stereocenters. The number of carbonyl (C=O) groups is 1. The quantitative estimate of drug-likeness (QED) is 0.845. The molecule has 1 aromatic carbocycles. The van der Waals surface area contributed by atoms with E-state index in [1.807, 2.05) is 24.3 Å². The van der Waals surface area contributed by atoms with Crippen molar-refractivity contribution < 1.29 is 4.79 Å². The first-order valence-electron chi connectivity index (χ1n) is 7.30. The van der Waals surface area contributed by atoms with Gasteiger partial charge in [-0.3, -0.25) is 9.78 Å². The predicted molar refractivity (Wildman–Crippen MR) is 79.5 cm³/mol. The van der Waals surface area contributed by atoms with Gasteiger partial charge in [-0.15, -0.1) is 0 Å². The summed E-state index contributed by atoms with van der Waals surface area (Å²) in [6.07, 6.45) is 5.23. The van der Waals surface area contributed by atoms with Crippen LogP contribution in [0.2, 0.25) is 0 Å². The zero-order chi connectivity index (χ0) is 13.8. The largest absolute Gasteiger partial charge is 0.299 e. The minimum atomic E-state index is 0.129. The maximum Gasteiger partial charge on any atom is 0.136 e. The molecule has 0 N–H and O–H groups in total. The number of benzene rings is 1. The van der Waals surface area contributed by atoms with Crippen LogP contribution in [0.1, 0.15) is 36.4 Å². The number of hydrogen-bond donors (Lipinski definition) is 0. The molecule has 102 valence electrons. The van der Waals surface area contributed by atoms with Gasteiger partial charge < -0.3 is 0 Å². The predicted octanol–water partition coefficient (Wildman–Crippen LogP) is 3.78. The van der Waals surface area contributed by atoms with E-state index in [0.717, 1.165) is 25.0 Å². The molecule has 0 amide bonds. The molecule has 3 rings (SSSR count). The number of carbonyl (C=O) groups excluding carboxylic acids is 1. The topological polar surface area (TPSA) is 30.0 Å². The lowest BCUT2D eigenvalue weighted by molar-refractivity contribution is -0.124. The van der Waals surface area contributed by atoms with Gasteiger partial charge in [0.25, 0.3) is 0 Å². The van der Waals surface area contributed by atoms with Crippen molar-refractivity contribution in [3.8, 4) is 0 Å². The summed E-state index contributed by atoms with van der Waals surface area (Å²) >= 11 is 0. The molecule has 20 heavy (non-hydrogen) atoms. The second kappa shape index (κ2) is 6.00. The Bertz CT molecular complexity index is 564. The van der Waals surface area contributed by atoms with Gasteiger partial charge >= 0.3 is 0 Å². The van der Waals surface area contributed by atoms with Crippen LogP contribution in [0.25, 0.3) is 0 Å². The Morgan fingerprint density at radius 3 is 2.60 bits per heavy atom. The second-order valence-corrected chi connectivity index (χ2v) is 5.57. The Morgan fingerprint density at radius 1 is 1.05 bits per heavy atom. The Balaban J connectivity index is 1.72. The third-order valence-corrected chi connectivity index (χ3v) is 4.22. The monoisotopic (exact) mass is 265 g/mol. The van der Waals surface area contributed by atoms with Crippen molar-refractivity contribution in [1.29, 1.82) is 0 Å². The van der Waals surface area contributed by atoms with Crippen LogP contribution in [0, 0.1) is 5.92 Å². The van der Waals surface area contributed by atoms with Crippen molar-refractivity contribution in [2.24, 2.45) is 5.92 Å². The average molecular weight is 265 g/mol. The summed E-state index contributed by atoms with van der Waals surface area (Å²) in [6.45, 7) is 0. The second-order valence-electron chi connectivity index (χ2n) is 5.57. The van der Waals surface area contributed by atoms with E-state index in [2.05, 4.69) is 29.2 Å². The van der Waals surface area contributed by atoms with E-state index in [0.29, 0.717) is 18.1 Å². The van der Waals surface area contributed by atoms with Crippen LogP contribution in [0.5, 0.6) is 0 Å². The van der Waals surface area contributed by atoms with Gasteiger partial charge in [0.1, 0.15) is 5.78 Å². The number of pyridine rings is 1. The fourth-order valence-corrected chi connectivity index (χ4v) is 3.11. The summed E-state index contributed by atoms with van der Waals surface area (Å²) in [4.78, 5) is 16.5. The van der Waals surface area contributed by atoms with Crippen LogP contribution < -0.4 is 0 Å². The van der Waals surface area contributed by atoms with E-state index >= 15 is 0 Å². The van der Waals surface area contributed by atoms with Crippen LogP contribution >= 0.6 is 0 Å². The average Bonchev–Trinajstić information content (AvgIpc) is 2.51. The van der Waals surface area contributed by atoms with Crippen LogP contribution in [0.15, 0.2) is 54.7 Å². The Kier molecular flexibility index (Phi) is 3.91. The van der Waals surface area contributed by atoms with Gasteiger partial charge in [-0.1, -0.05) is 36.4 Å². The Morgan fingerprint density at radius 2 is 1.85 bits per heavy atom. The van der Waals surface area contributed by atoms with Crippen molar-refractivity contribution in [3.05, 3.63) is 66.0 Å². The third kappa shape index (κ3) is 2.96. The fraction of sp³-hybridized carbons (Fsp3) is 0.333. The van der Waals surface area contributed by atoms with Crippen LogP contribution in [-0.2, 0) is 11.2 Å². The standard InChI is InChI=1S/C18H19NO/c20-18-10-9-15(14-6-2-1-3-7-14)12-16(18)13-17-8-4-5-11-19-17/h1-8,11,15-16H,9-10,12-13H2. The fourth-order valence-electron chi connectivity index (χ4n) is 3.11. The van der Waals surface area contributed by atoms with Gasteiger partial charge in [0.15, 0.2) is 0 Å². The molecule has 1 fully saturated rings. The van der Waals surface area contributed by atoms with E-state index in [9.17, 15) is 4.79 Å². The first kappa shape index (κ1) is 13.0.